The van der Waals surface area contributed by atoms with Crippen LogP contribution in [-0.4, -0.2) is 28.5 Å². The van der Waals surface area contributed by atoms with E-state index in [0.717, 1.165) is 12.1 Å². The number of ether oxygens (including phenoxy) is 1. The zero-order chi connectivity index (χ0) is 16.3. The van der Waals surface area contributed by atoms with E-state index in [1.807, 2.05) is 0 Å². The number of phenols is 3. The Labute approximate surface area is 130 Å². The second kappa shape index (κ2) is 6.31. The summed E-state index contributed by atoms with van der Waals surface area (Å²) in [6.45, 7) is 0. The van der Waals surface area contributed by atoms with Gasteiger partial charge in [-0.2, -0.15) is 0 Å². The number of hydrogen-bond acceptors (Lipinski definition) is 5. The number of nitrogens with one attached hydrogen (secondary N) is 2. The van der Waals surface area contributed by atoms with Crippen molar-refractivity contribution < 1.29 is 24.9 Å². The number of hydrogen-bond donors (Lipinski definition) is 5. The predicted octanol–water partition coefficient (Wildman–Crippen LogP) is 3.11. The Hall–Kier alpha value is -2.80. The van der Waals surface area contributed by atoms with Crippen molar-refractivity contribution in [3.63, 3.8) is 0 Å². The van der Waals surface area contributed by atoms with Crippen molar-refractivity contribution >= 4 is 29.0 Å². The Balaban J connectivity index is 2.09. The molecule has 0 aliphatic carbocycles. The standard InChI is InChI=1S/C14H13ClN2O5/c1-22-12-3-2-7(4-9(12)15)16-14(21)17-8-5-10(18)13(20)11(19)6-8/h2-6,18-20H,1H3,(H2,16,17,21). The molecule has 0 saturated heterocycles. The first kappa shape index (κ1) is 15.6. The van der Waals surface area contributed by atoms with Gasteiger partial charge in [0.2, 0.25) is 0 Å². The smallest absolute Gasteiger partial charge is 0.323 e. The monoisotopic (exact) mass is 324 g/mol. The van der Waals surface area contributed by atoms with Gasteiger partial charge >= 0.3 is 6.03 Å². The summed E-state index contributed by atoms with van der Waals surface area (Å²) in [6, 6.07) is 6.26. The molecule has 2 aromatic carbocycles. The molecule has 0 fully saturated rings. The van der Waals surface area contributed by atoms with E-state index in [9.17, 15) is 20.1 Å². The molecule has 0 atom stereocenters. The summed E-state index contributed by atoms with van der Waals surface area (Å²) in [7, 11) is 1.48. The third-order valence-corrected chi connectivity index (χ3v) is 3.03. The Morgan fingerprint density at radius 3 is 2.18 bits per heavy atom. The van der Waals surface area contributed by atoms with Crippen molar-refractivity contribution in [2.24, 2.45) is 0 Å². The second-order valence-corrected chi connectivity index (χ2v) is 4.70. The number of anilines is 2. The highest BCUT2D eigenvalue weighted by Gasteiger charge is 2.11. The lowest BCUT2D eigenvalue weighted by atomic mass is 10.2. The fourth-order valence-corrected chi connectivity index (χ4v) is 1.97. The van der Waals surface area contributed by atoms with Crippen LogP contribution in [-0.2, 0) is 0 Å². The van der Waals surface area contributed by atoms with E-state index in [2.05, 4.69) is 10.6 Å². The lowest BCUT2D eigenvalue weighted by Crippen LogP contribution is -2.19. The van der Waals surface area contributed by atoms with E-state index in [0.29, 0.717) is 16.5 Å². The van der Waals surface area contributed by atoms with Crippen LogP contribution in [0.4, 0.5) is 16.2 Å². The van der Waals surface area contributed by atoms with Crippen LogP contribution in [0.15, 0.2) is 30.3 Å². The predicted molar refractivity (Wildman–Crippen MR) is 82.1 cm³/mol. The molecule has 0 radical (unpaired) electrons. The number of urea groups is 1. The molecule has 0 aromatic heterocycles. The molecular formula is C14H13ClN2O5. The van der Waals surface area contributed by atoms with Gasteiger partial charge in [0.15, 0.2) is 17.2 Å². The quantitative estimate of drug-likeness (QED) is 0.440. The van der Waals surface area contributed by atoms with Crippen LogP contribution in [0.25, 0.3) is 0 Å². The van der Waals surface area contributed by atoms with Crippen LogP contribution >= 0.6 is 11.6 Å². The molecule has 0 bridgehead atoms. The lowest BCUT2D eigenvalue weighted by Gasteiger charge is -2.10. The summed E-state index contributed by atoms with van der Waals surface area (Å²) in [4.78, 5) is 11.8. The van der Waals surface area contributed by atoms with Gasteiger partial charge in [-0.25, -0.2) is 4.79 Å². The molecule has 0 spiro atoms. The van der Waals surface area contributed by atoms with Crippen LogP contribution in [0.2, 0.25) is 5.02 Å². The van der Waals surface area contributed by atoms with Gasteiger partial charge in [-0.1, -0.05) is 11.6 Å². The zero-order valence-electron chi connectivity index (χ0n) is 11.4. The highest BCUT2D eigenvalue weighted by Crippen LogP contribution is 2.37. The number of aromatic hydroxyl groups is 3. The average Bonchev–Trinajstić information content (AvgIpc) is 2.44. The van der Waals surface area contributed by atoms with E-state index < -0.39 is 23.3 Å². The lowest BCUT2D eigenvalue weighted by molar-refractivity contribution is 0.262. The Kier molecular flexibility index (Phi) is 4.47. The van der Waals surface area contributed by atoms with Crippen LogP contribution in [0.3, 0.4) is 0 Å². The number of carbonyl (C=O) groups excluding carboxylic acids is 1. The Bertz CT molecular complexity index is 697. The number of benzene rings is 2. The Morgan fingerprint density at radius 2 is 1.64 bits per heavy atom. The summed E-state index contributed by atoms with van der Waals surface area (Å²) < 4.78 is 5.00. The molecule has 0 aliphatic rings. The molecule has 5 N–H and O–H groups in total. The van der Waals surface area contributed by atoms with Crippen molar-refractivity contribution in [3.8, 4) is 23.0 Å². The maximum Gasteiger partial charge on any atom is 0.323 e. The van der Waals surface area contributed by atoms with Gasteiger partial charge in [0.05, 0.1) is 17.8 Å². The van der Waals surface area contributed by atoms with Gasteiger partial charge in [0, 0.05) is 17.8 Å². The van der Waals surface area contributed by atoms with E-state index in [-0.39, 0.29) is 5.69 Å². The first-order valence-corrected chi connectivity index (χ1v) is 6.45. The number of phenolic OH excluding ortho intramolecular Hbond substituents is 3. The fourth-order valence-electron chi connectivity index (χ4n) is 1.71. The third kappa shape index (κ3) is 3.44. The number of halogens is 1. The fraction of sp³-hybridized carbons (Fsp3) is 0.0714. The molecule has 8 heteroatoms. The number of carbonyl (C=O) groups is 1. The molecular weight excluding hydrogens is 312 g/mol. The zero-order valence-corrected chi connectivity index (χ0v) is 12.2. The topological polar surface area (TPSA) is 111 Å². The van der Waals surface area contributed by atoms with Crippen LogP contribution in [0.5, 0.6) is 23.0 Å². The molecule has 2 aromatic rings. The SMILES string of the molecule is COc1ccc(NC(=O)Nc2cc(O)c(O)c(O)c2)cc1Cl. The van der Waals surface area contributed by atoms with E-state index >= 15 is 0 Å². The first-order chi connectivity index (χ1) is 10.4. The maximum absolute atomic E-state index is 11.8. The largest absolute Gasteiger partial charge is 0.504 e. The molecule has 2 amide bonds. The molecule has 0 saturated carbocycles. The number of rotatable bonds is 3. The molecule has 0 aliphatic heterocycles. The van der Waals surface area contributed by atoms with Gasteiger partial charge in [-0.05, 0) is 18.2 Å². The number of methoxy groups -OCH3 is 1. The number of amides is 2. The second-order valence-electron chi connectivity index (χ2n) is 4.29. The summed E-state index contributed by atoms with van der Waals surface area (Å²) in [5.74, 6) is -1.29. The molecule has 0 heterocycles. The van der Waals surface area contributed by atoms with Crippen molar-refractivity contribution in [1.29, 1.82) is 0 Å². The average molecular weight is 325 g/mol. The summed E-state index contributed by atoms with van der Waals surface area (Å²) in [6.07, 6.45) is 0. The highest BCUT2D eigenvalue weighted by atomic mass is 35.5. The van der Waals surface area contributed by atoms with Crippen molar-refractivity contribution in [2.45, 2.75) is 0 Å². The van der Waals surface area contributed by atoms with Crippen molar-refractivity contribution in [2.75, 3.05) is 17.7 Å². The van der Waals surface area contributed by atoms with E-state index in [4.69, 9.17) is 16.3 Å². The van der Waals surface area contributed by atoms with Gasteiger partial charge < -0.3 is 30.7 Å². The van der Waals surface area contributed by atoms with Crippen LogP contribution in [0.1, 0.15) is 0 Å². The van der Waals surface area contributed by atoms with Crippen molar-refractivity contribution in [3.05, 3.63) is 35.4 Å². The van der Waals surface area contributed by atoms with Crippen LogP contribution < -0.4 is 15.4 Å². The molecule has 116 valence electrons. The highest BCUT2D eigenvalue weighted by molar-refractivity contribution is 6.32. The minimum absolute atomic E-state index is 0.102. The molecule has 22 heavy (non-hydrogen) atoms. The molecule has 0 unspecified atom stereocenters. The first-order valence-electron chi connectivity index (χ1n) is 6.07. The van der Waals surface area contributed by atoms with Gasteiger partial charge in [-0.15, -0.1) is 0 Å². The van der Waals surface area contributed by atoms with Gasteiger partial charge in [0.1, 0.15) is 5.75 Å². The normalized spacial score (nSPS) is 10.1. The minimum Gasteiger partial charge on any atom is -0.504 e. The van der Waals surface area contributed by atoms with E-state index in [1.54, 1.807) is 12.1 Å². The Morgan fingerprint density at radius 1 is 1.05 bits per heavy atom. The van der Waals surface area contributed by atoms with E-state index in [1.165, 1.54) is 13.2 Å². The summed E-state index contributed by atoms with van der Waals surface area (Å²) in [5.41, 5.74) is 0.528. The maximum atomic E-state index is 11.8. The molecule has 7 nitrogen and oxygen atoms in total. The van der Waals surface area contributed by atoms with Crippen molar-refractivity contribution in [1.82, 2.24) is 0 Å². The van der Waals surface area contributed by atoms with Crippen LogP contribution in [0, 0.1) is 0 Å². The third-order valence-electron chi connectivity index (χ3n) is 2.74. The van der Waals surface area contributed by atoms with Gasteiger partial charge in [-0.3, -0.25) is 0 Å². The minimum atomic E-state index is -0.659. The van der Waals surface area contributed by atoms with Gasteiger partial charge in [0.25, 0.3) is 0 Å². The summed E-state index contributed by atoms with van der Waals surface area (Å²) >= 11 is 5.94. The molecule has 2 rings (SSSR count). The summed E-state index contributed by atoms with van der Waals surface area (Å²) in [5, 5.41) is 33.2.